The molecule has 0 unspecified atom stereocenters. The molecule has 29 heavy (non-hydrogen) atoms. The van der Waals surface area contributed by atoms with E-state index in [2.05, 4.69) is 22.4 Å². The summed E-state index contributed by atoms with van der Waals surface area (Å²) in [5.74, 6) is -0.311. The van der Waals surface area contributed by atoms with Crippen LogP contribution in [0.2, 0.25) is 0 Å². The van der Waals surface area contributed by atoms with Crippen LogP contribution in [0.5, 0.6) is 0 Å². The van der Waals surface area contributed by atoms with Gasteiger partial charge < -0.3 is 14.5 Å². The quantitative estimate of drug-likeness (QED) is 0.593. The number of aryl methyl sites for hydroxylation is 1. The predicted molar refractivity (Wildman–Crippen MR) is 110 cm³/mol. The zero-order chi connectivity index (χ0) is 20.3. The Hall–Kier alpha value is -2.93. The summed E-state index contributed by atoms with van der Waals surface area (Å²) in [6, 6.07) is 13.8. The number of amides is 1. The number of nitrogens with zero attached hydrogens (tertiary/aromatic N) is 1. The smallest absolute Gasteiger partial charge is 0.358 e. The molecule has 0 aliphatic heterocycles. The Morgan fingerprint density at radius 1 is 1.21 bits per heavy atom. The summed E-state index contributed by atoms with van der Waals surface area (Å²) < 4.78 is 10.5. The first-order valence-electron chi connectivity index (χ1n) is 9.58. The van der Waals surface area contributed by atoms with E-state index in [0.29, 0.717) is 17.3 Å². The lowest BCUT2D eigenvalue weighted by Gasteiger charge is -2.42. The molecule has 1 aromatic carbocycles. The van der Waals surface area contributed by atoms with Gasteiger partial charge in [0, 0.05) is 16.8 Å². The summed E-state index contributed by atoms with van der Waals surface area (Å²) in [7, 11) is 0. The fourth-order valence-corrected chi connectivity index (χ4v) is 4.44. The van der Waals surface area contributed by atoms with Gasteiger partial charge in [0.2, 0.25) is 0 Å². The summed E-state index contributed by atoms with van der Waals surface area (Å²) >= 11 is 1.35. The Morgan fingerprint density at radius 3 is 2.66 bits per heavy atom. The van der Waals surface area contributed by atoms with Gasteiger partial charge >= 0.3 is 5.97 Å². The van der Waals surface area contributed by atoms with Crippen LogP contribution in [0.3, 0.4) is 0 Å². The number of benzene rings is 1. The van der Waals surface area contributed by atoms with Gasteiger partial charge in [-0.15, -0.1) is 11.3 Å². The summed E-state index contributed by atoms with van der Waals surface area (Å²) in [5.41, 5.74) is 1.45. The van der Waals surface area contributed by atoms with Gasteiger partial charge in [-0.2, -0.15) is 0 Å². The number of rotatable bonds is 7. The molecule has 1 aliphatic rings. The Morgan fingerprint density at radius 2 is 2.00 bits per heavy atom. The number of hydrogen-bond acceptors (Lipinski definition) is 6. The van der Waals surface area contributed by atoms with Crippen LogP contribution in [0.15, 0.2) is 53.1 Å². The zero-order valence-electron chi connectivity index (χ0n) is 16.1. The molecule has 150 valence electrons. The maximum Gasteiger partial charge on any atom is 0.358 e. The molecule has 1 saturated carbocycles. The van der Waals surface area contributed by atoms with Crippen molar-refractivity contribution in [1.29, 1.82) is 0 Å². The van der Waals surface area contributed by atoms with Crippen molar-refractivity contribution in [2.75, 3.05) is 13.2 Å². The van der Waals surface area contributed by atoms with Crippen molar-refractivity contribution in [1.82, 2.24) is 10.3 Å². The molecule has 7 heteroatoms. The first kappa shape index (κ1) is 19.4. The van der Waals surface area contributed by atoms with Gasteiger partial charge in [-0.3, -0.25) is 4.79 Å². The topological polar surface area (TPSA) is 81.4 Å². The second kappa shape index (κ2) is 8.21. The number of hydrogen-bond donors (Lipinski definition) is 1. The number of carbonyl (C=O) groups excluding carboxylic acids is 2. The Kier molecular flexibility index (Phi) is 5.49. The van der Waals surface area contributed by atoms with E-state index < -0.39 is 5.97 Å². The second-order valence-corrected chi connectivity index (χ2v) is 8.46. The summed E-state index contributed by atoms with van der Waals surface area (Å²) in [6.07, 6.45) is 4.80. The molecule has 0 atom stereocenters. The highest BCUT2D eigenvalue weighted by atomic mass is 32.1. The molecule has 0 saturated heterocycles. The number of thiazole rings is 1. The highest BCUT2D eigenvalue weighted by Gasteiger charge is 2.38. The van der Waals surface area contributed by atoms with Crippen molar-refractivity contribution in [2.24, 2.45) is 0 Å². The van der Waals surface area contributed by atoms with Crippen molar-refractivity contribution in [3.63, 3.8) is 0 Å². The Labute approximate surface area is 172 Å². The fourth-order valence-electron chi connectivity index (χ4n) is 3.57. The molecule has 3 aromatic rings. The standard InChI is InChI=1S/C22H22N2O4S/c1-15-19(24-20(29-15)17-9-5-12-27-17)21(26)28-13-18(25)23-14-22(10-6-11-22)16-7-3-2-4-8-16/h2-5,7-9,12H,6,10-11,13-14H2,1H3,(H,23,25). The van der Waals surface area contributed by atoms with E-state index in [4.69, 9.17) is 9.15 Å². The normalized spacial score (nSPS) is 14.8. The molecule has 2 aromatic heterocycles. The third-order valence-electron chi connectivity index (χ3n) is 5.38. The van der Waals surface area contributed by atoms with E-state index in [1.54, 1.807) is 25.3 Å². The van der Waals surface area contributed by atoms with E-state index >= 15 is 0 Å². The molecule has 0 bridgehead atoms. The number of carbonyl (C=O) groups is 2. The summed E-state index contributed by atoms with van der Waals surface area (Å²) in [4.78, 5) is 29.6. The Bertz CT molecular complexity index is 991. The van der Waals surface area contributed by atoms with Crippen LogP contribution >= 0.6 is 11.3 Å². The molecule has 1 amide bonds. The van der Waals surface area contributed by atoms with Gasteiger partial charge in [-0.1, -0.05) is 36.8 Å². The third kappa shape index (κ3) is 4.10. The van der Waals surface area contributed by atoms with Crippen LogP contribution in [-0.2, 0) is 14.9 Å². The minimum absolute atomic E-state index is 0.00955. The lowest BCUT2D eigenvalue weighted by Crippen LogP contribution is -2.46. The first-order valence-corrected chi connectivity index (χ1v) is 10.4. The number of esters is 1. The number of aromatic nitrogens is 1. The second-order valence-electron chi connectivity index (χ2n) is 7.25. The SMILES string of the molecule is Cc1sc(-c2ccco2)nc1C(=O)OCC(=O)NCC1(c2ccccc2)CCC1. The zero-order valence-corrected chi connectivity index (χ0v) is 17.0. The van der Waals surface area contributed by atoms with Crippen LogP contribution in [0.25, 0.3) is 10.8 Å². The molecule has 0 spiro atoms. The van der Waals surface area contributed by atoms with Gasteiger partial charge in [-0.05, 0) is 37.5 Å². The highest BCUT2D eigenvalue weighted by molar-refractivity contribution is 7.15. The molecule has 1 N–H and O–H groups in total. The monoisotopic (exact) mass is 410 g/mol. The van der Waals surface area contributed by atoms with Crippen LogP contribution in [0, 0.1) is 6.92 Å². The van der Waals surface area contributed by atoms with E-state index in [1.165, 1.54) is 16.9 Å². The molecule has 0 radical (unpaired) electrons. The predicted octanol–water partition coefficient (Wildman–Crippen LogP) is 4.11. The molecule has 6 nitrogen and oxygen atoms in total. The van der Waals surface area contributed by atoms with E-state index in [-0.39, 0.29) is 23.6 Å². The van der Waals surface area contributed by atoms with E-state index in [9.17, 15) is 9.59 Å². The molecular weight excluding hydrogens is 388 g/mol. The number of nitrogens with one attached hydrogen (secondary N) is 1. The lowest BCUT2D eigenvalue weighted by atomic mass is 9.64. The minimum Gasteiger partial charge on any atom is -0.462 e. The molecule has 4 rings (SSSR count). The van der Waals surface area contributed by atoms with E-state index in [0.717, 1.165) is 24.1 Å². The van der Waals surface area contributed by atoms with Crippen molar-refractivity contribution in [3.05, 3.63) is 64.9 Å². The largest absolute Gasteiger partial charge is 0.462 e. The fraction of sp³-hybridized carbons (Fsp3) is 0.318. The minimum atomic E-state index is -0.604. The average Bonchev–Trinajstić information content (AvgIpc) is 3.36. The van der Waals surface area contributed by atoms with Crippen LogP contribution in [-0.4, -0.2) is 30.0 Å². The maximum atomic E-state index is 12.4. The molecule has 2 heterocycles. The van der Waals surface area contributed by atoms with Gasteiger partial charge in [0.25, 0.3) is 5.91 Å². The molecule has 1 aliphatic carbocycles. The van der Waals surface area contributed by atoms with Crippen molar-refractivity contribution in [2.45, 2.75) is 31.6 Å². The Balaban J connectivity index is 1.31. The van der Waals surface area contributed by atoms with Gasteiger partial charge in [-0.25, -0.2) is 9.78 Å². The lowest BCUT2D eigenvalue weighted by molar-refractivity contribution is -0.124. The van der Waals surface area contributed by atoms with Crippen LogP contribution in [0.4, 0.5) is 0 Å². The third-order valence-corrected chi connectivity index (χ3v) is 6.36. The van der Waals surface area contributed by atoms with Crippen LogP contribution in [0.1, 0.15) is 40.2 Å². The van der Waals surface area contributed by atoms with Gasteiger partial charge in [0.1, 0.15) is 0 Å². The van der Waals surface area contributed by atoms with Crippen LogP contribution < -0.4 is 5.32 Å². The maximum absolute atomic E-state index is 12.4. The summed E-state index contributed by atoms with van der Waals surface area (Å²) in [5, 5.41) is 3.53. The molecule has 1 fully saturated rings. The number of furan rings is 1. The van der Waals surface area contributed by atoms with Crippen molar-refractivity contribution >= 4 is 23.2 Å². The van der Waals surface area contributed by atoms with Gasteiger partial charge in [0.05, 0.1) is 6.26 Å². The average molecular weight is 410 g/mol. The van der Waals surface area contributed by atoms with Crippen molar-refractivity contribution in [3.8, 4) is 10.8 Å². The van der Waals surface area contributed by atoms with Crippen molar-refractivity contribution < 1.29 is 18.7 Å². The van der Waals surface area contributed by atoms with Gasteiger partial charge in [0.15, 0.2) is 23.1 Å². The first-order chi connectivity index (χ1) is 14.1. The summed E-state index contributed by atoms with van der Waals surface area (Å²) in [6.45, 7) is 2.02. The molecular formula is C22H22N2O4S. The van der Waals surface area contributed by atoms with E-state index in [1.807, 2.05) is 18.2 Å². The highest BCUT2D eigenvalue weighted by Crippen LogP contribution is 2.43. The number of ether oxygens (including phenoxy) is 1.